The number of anilines is 1. The van der Waals surface area contributed by atoms with Crippen LogP contribution in [0.4, 0.5) is 5.69 Å². The number of nitrogens with one attached hydrogen (secondary N) is 1. The van der Waals surface area contributed by atoms with E-state index >= 15 is 0 Å². The van der Waals surface area contributed by atoms with E-state index < -0.39 is 0 Å². The average molecular weight is 268 g/mol. The second kappa shape index (κ2) is 5.38. The smallest absolute Gasteiger partial charge is 0.102 e. The summed E-state index contributed by atoms with van der Waals surface area (Å²) in [6.07, 6.45) is 3.90. The maximum absolute atomic E-state index is 9.20. The van der Waals surface area contributed by atoms with Crippen molar-refractivity contribution in [2.75, 3.05) is 5.32 Å². The van der Waals surface area contributed by atoms with Gasteiger partial charge in [-0.3, -0.25) is 4.68 Å². The zero-order valence-corrected chi connectivity index (χ0v) is 12.4. The second-order valence-corrected chi connectivity index (χ2v) is 5.93. The Labute approximate surface area is 120 Å². The number of nitrogens with zero attached hydrogens (tertiary/aromatic N) is 3. The summed E-state index contributed by atoms with van der Waals surface area (Å²) in [5.41, 5.74) is 3.65. The maximum Gasteiger partial charge on any atom is 0.102 e. The first-order valence-electron chi connectivity index (χ1n) is 6.69. The molecule has 0 unspecified atom stereocenters. The Morgan fingerprint density at radius 2 is 2.10 bits per heavy atom. The van der Waals surface area contributed by atoms with E-state index in [2.05, 4.69) is 37.3 Å². The lowest BCUT2D eigenvalue weighted by Crippen LogP contribution is -2.21. The van der Waals surface area contributed by atoms with E-state index in [1.807, 2.05) is 42.2 Å². The summed E-state index contributed by atoms with van der Waals surface area (Å²) in [7, 11) is 0. The van der Waals surface area contributed by atoms with Gasteiger partial charge in [0.05, 0.1) is 23.0 Å². The van der Waals surface area contributed by atoms with Gasteiger partial charge in [-0.15, -0.1) is 0 Å². The first-order chi connectivity index (χ1) is 9.41. The van der Waals surface area contributed by atoms with E-state index in [0.29, 0.717) is 12.1 Å². The topological polar surface area (TPSA) is 53.6 Å². The second-order valence-electron chi connectivity index (χ2n) is 5.93. The molecule has 4 heteroatoms. The van der Waals surface area contributed by atoms with Gasteiger partial charge in [0.25, 0.3) is 0 Å². The van der Waals surface area contributed by atoms with Gasteiger partial charge >= 0.3 is 0 Å². The molecule has 1 heterocycles. The van der Waals surface area contributed by atoms with Gasteiger partial charge < -0.3 is 5.32 Å². The van der Waals surface area contributed by atoms with Crippen molar-refractivity contribution in [3.63, 3.8) is 0 Å². The van der Waals surface area contributed by atoms with E-state index in [9.17, 15) is 5.26 Å². The van der Waals surface area contributed by atoms with E-state index in [-0.39, 0.29) is 5.54 Å². The van der Waals surface area contributed by atoms with Crippen LogP contribution >= 0.6 is 0 Å². The van der Waals surface area contributed by atoms with Crippen molar-refractivity contribution in [1.29, 1.82) is 5.26 Å². The molecule has 0 amide bonds. The first-order valence-corrected chi connectivity index (χ1v) is 6.69. The molecule has 20 heavy (non-hydrogen) atoms. The monoisotopic (exact) mass is 268 g/mol. The van der Waals surface area contributed by atoms with Crippen molar-refractivity contribution in [3.05, 3.63) is 47.3 Å². The molecule has 1 N–H and O–H groups in total. The van der Waals surface area contributed by atoms with E-state index in [0.717, 1.165) is 16.8 Å². The Bertz CT molecular complexity index is 641. The highest BCUT2D eigenvalue weighted by atomic mass is 15.3. The fraction of sp³-hybridized carbons (Fsp3) is 0.375. The number of hydrogen-bond donors (Lipinski definition) is 1. The molecule has 0 bridgehead atoms. The Morgan fingerprint density at radius 3 is 2.70 bits per heavy atom. The van der Waals surface area contributed by atoms with Gasteiger partial charge in [-0.1, -0.05) is 12.1 Å². The molecule has 2 rings (SSSR count). The zero-order chi connectivity index (χ0) is 14.8. The van der Waals surface area contributed by atoms with Gasteiger partial charge in [-0.05, 0) is 39.3 Å². The van der Waals surface area contributed by atoms with E-state index in [1.54, 1.807) is 0 Å². The fourth-order valence-corrected chi connectivity index (χ4v) is 1.98. The highest BCUT2D eigenvalue weighted by molar-refractivity contribution is 5.60. The first kappa shape index (κ1) is 14.1. The third-order valence-corrected chi connectivity index (χ3v) is 3.19. The number of aromatic nitrogens is 2. The fourth-order valence-electron chi connectivity index (χ4n) is 1.98. The minimum atomic E-state index is -0.0145. The normalized spacial score (nSPS) is 11.2. The Morgan fingerprint density at radius 1 is 1.35 bits per heavy atom. The predicted octanol–water partition coefficient (Wildman–Crippen LogP) is 3.43. The molecular weight excluding hydrogens is 248 g/mol. The number of hydrogen-bond acceptors (Lipinski definition) is 3. The molecule has 2 aromatic rings. The average Bonchev–Trinajstić information content (AvgIpc) is 2.85. The van der Waals surface area contributed by atoms with Crippen LogP contribution in [-0.2, 0) is 12.1 Å². The molecule has 0 aliphatic carbocycles. The van der Waals surface area contributed by atoms with Crippen molar-refractivity contribution in [1.82, 2.24) is 9.78 Å². The van der Waals surface area contributed by atoms with Crippen LogP contribution in [0.5, 0.6) is 0 Å². The van der Waals surface area contributed by atoms with Gasteiger partial charge in [-0.2, -0.15) is 10.4 Å². The lowest BCUT2D eigenvalue weighted by molar-refractivity contribution is 0.355. The van der Waals surface area contributed by atoms with Crippen LogP contribution in [0.1, 0.15) is 37.5 Å². The molecule has 0 atom stereocenters. The third kappa shape index (κ3) is 3.00. The minimum Gasteiger partial charge on any atom is -0.380 e. The molecule has 0 aliphatic rings. The van der Waals surface area contributed by atoms with E-state index in [1.165, 1.54) is 0 Å². The van der Waals surface area contributed by atoms with E-state index in [4.69, 9.17) is 0 Å². The summed E-state index contributed by atoms with van der Waals surface area (Å²) in [6.45, 7) is 8.96. The van der Waals surface area contributed by atoms with Crippen LogP contribution in [0.25, 0.3) is 0 Å². The van der Waals surface area contributed by atoms with Crippen LogP contribution in [0.15, 0.2) is 30.6 Å². The Hall–Kier alpha value is -2.28. The number of nitriles is 1. The molecule has 1 aromatic carbocycles. The number of aryl methyl sites for hydroxylation is 1. The SMILES string of the molecule is Cc1cccc(NCc2cnn(C(C)(C)C)c2)c1C#N. The van der Waals surface area contributed by atoms with Gasteiger partial charge in [0, 0.05) is 18.3 Å². The molecule has 0 fully saturated rings. The Balaban J connectivity index is 2.12. The van der Waals surface area contributed by atoms with Gasteiger partial charge in [0.1, 0.15) is 6.07 Å². The van der Waals surface area contributed by atoms with Gasteiger partial charge in [0.15, 0.2) is 0 Å². The molecule has 0 saturated carbocycles. The summed E-state index contributed by atoms with van der Waals surface area (Å²) in [4.78, 5) is 0. The maximum atomic E-state index is 9.20. The van der Waals surface area contributed by atoms with Crippen molar-refractivity contribution in [3.8, 4) is 6.07 Å². The standard InChI is InChI=1S/C16H20N4/c1-12-6-5-7-15(14(12)8-17)18-9-13-10-19-20(11-13)16(2,3)4/h5-7,10-11,18H,9H2,1-4H3. The lowest BCUT2D eigenvalue weighted by Gasteiger charge is -2.18. The van der Waals surface area contributed by atoms with Crippen molar-refractivity contribution in [2.45, 2.75) is 39.8 Å². The summed E-state index contributed by atoms with van der Waals surface area (Å²) >= 11 is 0. The van der Waals surface area contributed by atoms with Crippen molar-refractivity contribution >= 4 is 5.69 Å². The summed E-state index contributed by atoms with van der Waals surface area (Å²) in [6, 6.07) is 8.08. The molecule has 4 nitrogen and oxygen atoms in total. The highest BCUT2D eigenvalue weighted by Gasteiger charge is 2.14. The van der Waals surface area contributed by atoms with Crippen molar-refractivity contribution in [2.24, 2.45) is 0 Å². The molecule has 0 radical (unpaired) electrons. The number of benzene rings is 1. The summed E-state index contributed by atoms with van der Waals surface area (Å²) in [5.74, 6) is 0. The predicted molar refractivity (Wildman–Crippen MR) is 80.4 cm³/mol. The van der Waals surface area contributed by atoms with Crippen LogP contribution in [-0.4, -0.2) is 9.78 Å². The van der Waals surface area contributed by atoms with Crippen LogP contribution in [0.3, 0.4) is 0 Å². The molecular formula is C16H20N4. The third-order valence-electron chi connectivity index (χ3n) is 3.19. The van der Waals surface area contributed by atoms with Crippen LogP contribution < -0.4 is 5.32 Å². The molecule has 0 spiro atoms. The molecule has 0 aliphatic heterocycles. The van der Waals surface area contributed by atoms with Crippen LogP contribution in [0.2, 0.25) is 0 Å². The lowest BCUT2D eigenvalue weighted by atomic mass is 10.1. The zero-order valence-electron chi connectivity index (χ0n) is 12.4. The van der Waals surface area contributed by atoms with Crippen molar-refractivity contribution < 1.29 is 0 Å². The Kier molecular flexibility index (Phi) is 3.80. The van der Waals surface area contributed by atoms with Gasteiger partial charge in [-0.25, -0.2) is 0 Å². The quantitative estimate of drug-likeness (QED) is 0.927. The largest absolute Gasteiger partial charge is 0.380 e. The van der Waals surface area contributed by atoms with Gasteiger partial charge in [0.2, 0.25) is 0 Å². The summed E-state index contributed by atoms with van der Waals surface area (Å²) in [5, 5.41) is 16.9. The number of rotatable bonds is 3. The minimum absolute atomic E-state index is 0.0145. The highest BCUT2D eigenvalue weighted by Crippen LogP contribution is 2.19. The van der Waals surface area contributed by atoms with Crippen LogP contribution in [0, 0.1) is 18.3 Å². The summed E-state index contributed by atoms with van der Waals surface area (Å²) < 4.78 is 1.95. The molecule has 1 aromatic heterocycles. The molecule has 104 valence electrons. The molecule has 0 saturated heterocycles.